The summed E-state index contributed by atoms with van der Waals surface area (Å²) in [5.41, 5.74) is 5.10. The van der Waals surface area contributed by atoms with Crippen molar-refractivity contribution >= 4 is 23.3 Å². The molecule has 0 aliphatic rings. The Labute approximate surface area is 122 Å². The van der Waals surface area contributed by atoms with Crippen LogP contribution in [0, 0.1) is 17.5 Å². The number of rotatable bonds is 3. The van der Waals surface area contributed by atoms with Gasteiger partial charge in [-0.15, -0.1) is 0 Å². The maximum absolute atomic E-state index is 13.4. The zero-order valence-electron chi connectivity index (χ0n) is 11.0. The lowest BCUT2D eigenvalue weighted by Gasteiger charge is -2.09. The minimum atomic E-state index is -1.68. The number of primary amides is 1. The van der Waals surface area contributed by atoms with E-state index in [9.17, 15) is 22.8 Å². The number of amides is 3. The summed E-state index contributed by atoms with van der Waals surface area (Å²) >= 11 is 0. The van der Waals surface area contributed by atoms with Crippen molar-refractivity contribution in [2.45, 2.75) is 0 Å². The molecule has 0 radical (unpaired) electrons. The van der Waals surface area contributed by atoms with Crippen LogP contribution in [-0.2, 0) is 0 Å². The number of halogens is 3. The fourth-order valence-electron chi connectivity index (χ4n) is 1.62. The van der Waals surface area contributed by atoms with Gasteiger partial charge in [-0.3, -0.25) is 4.79 Å². The highest BCUT2D eigenvalue weighted by molar-refractivity contribution is 6.00. The third kappa shape index (κ3) is 3.35. The highest BCUT2D eigenvalue weighted by Gasteiger charge is 2.15. The van der Waals surface area contributed by atoms with Crippen LogP contribution in [0.5, 0.6) is 0 Å². The third-order valence-corrected chi connectivity index (χ3v) is 2.71. The van der Waals surface area contributed by atoms with Gasteiger partial charge in [-0.1, -0.05) is 0 Å². The number of anilines is 2. The van der Waals surface area contributed by atoms with E-state index >= 15 is 0 Å². The van der Waals surface area contributed by atoms with Crippen LogP contribution in [0.25, 0.3) is 0 Å². The lowest BCUT2D eigenvalue weighted by Crippen LogP contribution is -2.20. The van der Waals surface area contributed by atoms with E-state index in [2.05, 4.69) is 5.32 Å². The predicted molar refractivity (Wildman–Crippen MR) is 73.9 cm³/mol. The van der Waals surface area contributed by atoms with E-state index in [1.165, 1.54) is 24.3 Å². The van der Waals surface area contributed by atoms with E-state index in [1.807, 2.05) is 5.32 Å². The van der Waals surface area contributed by atoms with Crippen molar-refractivity contribution in [1.29, 1.82) is 0 Å². The number of carbonyl (C=O) groups excluding carboxylic acids is 2. The zero-order chi connectivity index (χ0) is 16.3. The Hall–Kier alpha value is -3.03. The van der Waals surface area contributed by atoms with E-state index in [-0.39, 0.29) is 5.56 Å². The van der Waals surface area contributed by atoms with Crippen LogP contribution in [0.3, 0.4) is 0 Å². The van der Waals surface area contributed by atoms with Crippen LogP contribution in [0.1, 0.15) is 10.4 Å². The molecule has 22 heavy (non-hydrogen) atoms. The normalized spacial score (nSPS) is 10.1. The molecule has 0 spiro atoms. The molecule has 0 aliphatic carbocycles. The van der Waals surface area contributed by atoms with E-state index in [1.54, 1.807) is 0 Å². The zero-order valence-corrected chi connectivity index (χ0v) is 11.0. The molecule has 2 aromatic rings. The second-order valence-corrected chi connectivity index (χ2v) is 4.24. The first-order chi connectivity index (χ1) is 10.4. The van der Waals surface area contributed by atoms with Gasteiger partial charge in [0.15, 0.2) is 17.5 Å². The van der Waals surface area contributed by atoms with Crippen LogP contribution in [0.15, 0.2) is 36.4 Å². The molecule has 0 fully saturated rings. The summed E-state index contributed by atoms with van der Waals surface area (Å²) < 4.78 is 39.2. The average molecular weight is 309 g/mol. The Kier molecular flexibility index (Phi) is 4.31. The summed E-state index contributed by atoms with van der Waals surface area (Å²) in [6.45, 7) is 0. The van der Waals surface area contributed by atoms with Crippen molar-refractivity contribution in [3.8, 4) is 0 Å². The predicted octanol–water partition coefficient (Wildman–Crippen LogP) is 2.85. The molecule has 8 heteroatoms. The van der Waals surface area contributed by atoms with Crippen molar-refractivity contribution < 1.29 is 22.8 Å². The van der Waals surface area contributed by atoms with Gasteiger partial charge in [0.25, 0.3) is 0 Å². The Balaban J connectivity index is 2.07. The minimum Gasteiger partial charge on any atom is -0.366 e. The molecule has 0 bridgehead atoms. The SMILES string of the molecule is NC(=O)c1ccc(NC(=O)Nc2ccc(F)c(F)c2F)cc1. The van der Waals surface area contributed by atoms with Gasteiger partial charge in [0.2, 0.25) is 5.91 Å². The van der Waals surface area contributed by atoms with Gasteiger partial charge >= 0.3 is 6.03 Å². The molecule has 0 unspecified atom stereocenters. The number of nitrogens with one attached hydrogen (secondary N) is 2. The molecule has 0 heterocycles. The lowest BCUT2D eigenvalue weighted by molar-refractivity contribution is 0.100. The first-order valence-electron chi connectivity index (χ1n) is 6.00. The lowest BCUT2D eigenvalue weighted by atomic mass is 10.2. The van der Waals surface area contributed by atoms with Crippen molar-refractivity contribution in [3.05, 3.63) is 59.4 Å². The highest BCUT2D eigenvalue weighted by Crippen LogP contribution is 2.20. The summed E-state index contributed by atoms with van der Waals surface area (Å²) in [4.78, 5) is 22.5. The van der Waals surface area contributed by atoms with Gasteiger partial charge in [0, 0.05) is 11.3 Å². The van der Waals surface area contributed by atoms with Crippen LogP contribution >= 0.6 is 0 Å². The van der Waals surface area contributed by atoms with Crippen LogP contribution in [-0.4, -0.2) is 11.9 Å². The van der Waals surface area contributed by atoms with Gasteiger partial charge in [-0.25, -0.2) is 18.0 Å². The Morgan fingerprint density at radius 2 is 1.50 bits per heavy atom. The quantitative estimate of drug-likeness (QED) is 0.762. The van der Waals surface area contributed by atoms with E-state index in [0.29, 0.717) is 11.8 Å². The number of hydrogen-bond acceptors (Lipinski definition) is 2. The number of urea groups is 1. The summed E-state index contributed by atoms with van der Waals surface area (Å²) in [5, 5.41) is 4.37. The van der Waals surface area contributed by atoms with Crippen molar-refractivity contribution in [1.82, 2.24) is 0 Å². The molecular formula is C14H10F3N3O2. The van der Waals surface area contributed by atoms with Crippen LogP contribution in [0.4, 0.5) is 29.3 Å². The van der Waals surface area contributed by atoms with Crippen molar-refractivity contribution in [2.75, 3.05) is 10.6 Å². The smallest absolute Gasteiger partial charge is 0.323 e. The molecule has 0 aromatic heterocycles. The molecule has 0 atom stereocenters. The molecule has 114 valence electrons. The molecule has 4 N–H and O–H groups in total. The number of nitrogens with two attached hydrogens (primary N) is 1. The Morgan fingerprint density at radius 3 is 2.09 bits per heavy atom. The molecule has 0 saturated heterocycles. The Morgan fingerprint density at radius 1 is 0.864 bits per heavy atom. The first kappa shape index (κ1) is 15.4. The molecule has 3 amide bonds. The van der Waals surface area contributed by atoms with E-state index in [0.717, 1.165) is 6.07 Å². The fourth-order valence-corrected chi connectivity index (χ4v) is 1.62. The van der Waals surface area contributed by atoms with E-state index in [4.69, 9.17) is 5.73 Å². The number of carbonyl (C=O) groups is 2. The van der Waals surface area contributed by atoms with Gasteiger partial charge in [-0.2, -0.15) is 0 Å². The number of benzene rings is 2. The molecule has 0 aliphatic heterocycles. The van der Waals surface area contributed by atoms with Gasteiger partial charge in [-0.05, 0) is 36.4 Å². The van der Waals surface area contributed by atoms with Gasteiger partial charge < -0.3 is 16.4 Å². The molecule has 2 aromatic carbocycles. The maximum atomic E-state index is 13.4. The minimum absolute atomic E-state index is 0.248. The Bertz CT molecular complexity index is 733. The summed E-state index contributed by atoms with van der Waals surface area (Å²) in [5.74, 6) is -5.16. The molecular weight excluding hydrogens is 299 g/mol. The largest absolute Gasteiger partial charge is 0.366 e. The summed E-state index contributed by atoms with van der Waals surface area (Å²) in [6, 6.07) is 6.30. The van der Waals surface area contributed by atoms with Crippen molar-refractivity contribution in [3.63, 3.8) is 0 Å². The second-order valence-electron chi connectivity index (χ2n) is 4.24. The van der Waals surface area contributed by atoms with Crippen LogP contribution in [0.2, 0.25) is 0 Å². The highest BCUT2D eigenvalue weighted by atomic mass is 19.2. The van der Waals surface area contributed by atoms with Crippen LogP contribution < -0.4 is 16.4 Å². The first-order valence-corrected chi connectivity index (χ1v) is 6.00. The monoisotopic (exact) mass is 309 g/mol. The topological polar surface area (TPSA) is 84.2 Å². The van der Waals surface area contributed by atoms with Crippen molar-refractivity contribution in [2.24, 2.45) is 5.73 Å². The van der Waals surface area contributed by atoms with Gasteiger partial charge in [0.1, 0.15) is 0 Å². The second kappa shape index (κ2) is 6.17. The molecule has 2 rings (SSSR count). The fraction of sp³-hybridized carbons (Fsp3) is 0. The standard InChI is InChI=1S/C14H10F3N3O2/c15-9-5-6-10(12(17)11(9)16)20-14(22)19-8-3-1-7(2-4-8)13(18)21/h1-6H,(H2,18,21)(H2,19,20,22). The number of hydrogen-bond donors (Lipinski definition) is 3. The molecule has 0 saturated carbocycles. The van der Waals surface area contributed by atoms with E-state index < -0.39 is 35.1 Å². The molecule has 5 nitrogen and oxygen atoms in total. The summed E-state index contributed by atoms with van der Waals surface area (Å²) in [6.07, 6.45) is 0. The van der Waals surface area contributed by atoms with Gasteiger partial charge in [0.05, 0.1) is 5.69 Å². The maximum Gasteiger partial charge on any atom is 0.323 e. The summed E-state index contributed by atoms with van der Waals surface area (Å²) in [7, 11) is 0. The average Bonchev–Trinajstić information content (AvgIpc) is 2.48. The third-order valence-electron chi connectivity index (χ3n) is 2.71.